The minimum absolute atomic E-state index is 0.0887. The van der Waals surface area contributed by atoms with E-state index in [0.29, 0.717) is 17.1 Å². The van der Waals surface area contributed by atoms with Crippen molar-refractivity contribution in [3.8, 4) is 0 Å². The number of amidine groups is 1. The van der Waals surface area contributed by atoms with Gasteiger partial charge in [-0.2, -0.15) is 0 Å². The minimum Gasteiger partial charge on any atom is -0.384 e. The highest BCUT2D eigenvalue weighted by Crippen LogP contribution is 2.31. The van der Waals surface area contributed by atoms with Crippen molar-refractivity contribution in [3.05, 3.63) is 28.8 Å². The lowest BCUT2D eigenvalue weighted by molar-refractivity contribution is 0.115. The second-order valence-corrected chi connectivity index (χ2v) is 6.66. The molecule has 2 atom stereocenters. The topological polar surface area (TPSA) is 56.4 Å². The average molecular weight is 307 g/mol. The van der Waals surface area contributed by atoms with Crippen molar-refractivity contribution in [1.29, 1.82) is 5.41 Å². The molecular weight excluding hydrogens is 284 g/mol. The van der Waals surface area contributed by atoms with Crippen molar-refractivity contribution in [2.45, 2.75) is 38.3 Å². The van der Waals surface area contributed by atoms with Gasteiger partial charge in [-0.3, -0.25) is 10.3 Å². The Morgan fingerprint density at radius 1 is 1.33 bits per heavy atom. The highest BCUT2D eigenvalue weighted by Gasteiger charge is 2.33. The number of nitrogens with zero attached hydrogens (tertiary/aromatic N) is 2. The molecule has 0 amide bonds. The summed E-state index contributed by atoms with van der Waals surface area (Å²) in [4.78, 5) is 5.02. The zero-order chi connectivity index (χ0) is 15.0. The summed E-state index contributed by atoms with van der Waals surface area (Å²) in [6, 6.07) is 6.76. The molecule has 2 heterocycles. The Labute approximate surface area is 131 Å². The molecule has 0 bridgehead atoms. The summed E-state index contributed by atoms with van der Waals surface area (Å²) in [5.74, 6) is 0.0887. The molecule has 0 aromatic heterocycles. The SMILES string of the molecule is CC1CN2CCCCC2CN1c1ccc(Cl)cc1C(=N)N. The van der Waals surface area contributed by atoms with Crippen molar-refractivity contribution in [2.24, 2.45) is 5.73 Å². The van der Waals surface area contributed by atoms with E-state index >= 15 is 0 Å². The Hall–Kier alpha value is -1.26. The fourth-order valence-electron chi connectivity index (χ4n) is 3.66. The first kappa shape index (κ1) is 14.7. The molecule has 2 fully saturated rings. The van der Waals surface area contributed by atoms with E-state index in [-0.39, 0.29) is 5.84 Å². The largest absolute Gasteiger partial charge is 0.384 e. The summed E-state index contributed by atoms with van der Waals surface area (Å²) >= 11 is 6.07. The number of nitrogens with one attached hydrogen (secondary N) is 1. The number of nitrogen functional groups attached to an aromatic ring is 1. The number of nitrogens with two attached hydrogens (primary N) is 1. The van der Waals surface area contributed by atoms with Crippen LogP contribution in [0.15, 0.2) is 18.2 Å². The lowest BCUT2D eigenvalue weighted by Gasteiger charge is -2.48. The number of rotatable bonds is 2. The van der Waals surface area contributed by atoms with E-state index in [2.05, 4.69) is 16.7 Å². The molecule has 3 N–H and O–H groups in total. The first-order valence-corrected chi connectivity index (χ1v) is 8.08. The first-order valence-electron chi connectivity index (χ1n) is 7.71. The van der Waals surface area contributed by atoms with Crippen LogP contribution in [0.2, 0.25) is 5.02 Å². The molecule has 1 aromatic rings. The first-order chi connectivity index (χ1) is 10.1. The maximum Gasteiger partial charge on any atom is 0.124 e. The number of hydrogen-bond donors (Lipinski definition) is 2. The minimum atomic E-state index is 0.0887. The van der Waals surface area contributed by atoms with Crippen molar-refractivity contribution in [3.63, 3.8) is 0 Å². The van der Waals surface area contributed by atoms with Crippen LogP contribution in [-0.2, 0) is 0 Å². The highest BCUT2D eigenvalue weighted by molar-refractivity contribution is 6.31. The zero-order valence-corrected chi connectivity index (χ0v) is 13.2. The van der Waals surface area contributed by atoms with Gasteiger partial charge in [-0.05, 0) is 44.5 Å². The van der Waals surface area contributed by atoms with Crippen LogP contribution in [0.5, 0.6) is 0 Å². The number of piperidine rings is 1. The molecular formula is C16H23ClN4. The average Bonchev–Trinajstić information content (AvgIpc) is 2.46. The molecule has 2 aliphatic rings. The van der Waals surface area contributed by atoms with Gasteiger partial charge in [-0.15, -0.1) is 0 Å². The van der Waals surface area contributed by atoms with Crippen molar-refractivity contribution in [2.75, 3.05) is 24.5 Å². The van der Waals surface area contributed by atoms with Crippen molar-refractivity contribution < 1.29 is 0 Å². The molecule has 21 heavy (non-hydrogen) atoms. The van der Waals surface area contributed by atoms with Crippen LogP contribution in [0.3, 0.4) is 0 Å². The third kappa shape index (κ3) is 2.87. The summed E-state index contributed by atoms with van der Waals surface area (Å²) < 4.78 is 0. The number of halogens is 1. The Balaban J connectivity index is 1.91. The molecule has 2 aliphatic heterocycles. The number of benzene rings is 1. The van der Waals surface area contributed by atoms with E-state index in [1.807, 2.05) is 12.1 Å². The van der Waals surface area contributed by atoms with E-state index < -0.39 is 0 Å². The van der Waals surface area contributed by atoms with E-state index in [4.69, 9.17) is 22.7 Å². The lowest BCUT2D eigenvalue weighted by atomic mass is 9.96. The predicted octanol–water partition coefficient (Wildman–Crippen LogP) is 2.69. The smallest absolute Gasteiger partial charge is 0.124 e. The summed E-state index contributed by atoms with van der Waals surface area (Å²) in [5, 5.41) is 8.45. The molecule has 4 nitrogen and oxygen atoms in total. The van der Waals surface area contributed by atoms with Gasteiger partial charge in [-0.1, -0.05) is 18.0 Å². The molecule has 0 radical (unpaired) electrons. The highest BCUT2D eigenvalue weighted by atomic mass is 35.5. The molecule has 0 saturated carbocycles. The van der Waals surface area contributed by atoms with Crippen LogP contribution in [0.1, 0.15) is 31.7 Å². The molecule has 3 rings (SSSR count). The maximum absolute atomic E-state index is 7.82. The van der Waals surface area contributed by atoms with Gasteiger partial charge >= 0.3 is 0 Å². The van der Waals surface area contributed by atoms with Crippen LogP contribution in [-0.4, -0.2) is 42.5 Å². The van der Waals surface area contributed by atoms with Crippen LogP contribution < -0.4 is 10.6 Å². The monoisotopic (exact) mass is 306 g/mol. The van der Waals surface area contributed by atoms with Gasteiger partial charge in [0.25, 0.3) is 0 Å². The summed E-state index contributed by atoms with van der Waals surface area (Å²) in [6.45, 7) is 5.58. The maximum atomic E-state index is 7.82. The molecule has 1 aromatic carbocycles. The van der Waals surface area contributed by atoms with Gasteiger partial charge in [0, 0.05) is 41.4 Å². The normalized spacial score (nSPS) is 26.5. The van der Waals surface area contributed by atoms with Crippen LogP contribution in [0.4, 0.5) is 5.69 Å². The third-order valence-corrected chi connectivity index (χ3v) is 4.98. The van der Waals surface area contributed by atoms with E-state index in [1.54, 1.807) is 6.07 Å². The zero-order valence-electron chi connectivity index (χ0n) is 12.5. The summed E-state index contributed by atoms with van der Waals surface area (Å²) in [6.07, 6.45) is 3.92. The van der Waals surface area contributed by atoms with Gasteiger partial charge < -0.3 is 10.6 Å². The number of anilines is 1. The number of piperazine rings is 1. The molecule has 5 heteroatoms. The van der Waals surface area contributed by atoms with Gasteiger partial charge in [0.15, 0.2) is 0 Å². The second-order valence-electron chi connectivity index (χ2n) is 6.22. The third-order valence-electron chi connectivity index (χ3n) is 4.75. The van der Waals surface area contributed by atoms with Crippen LogP contribution in [0, 0.1) is 5.41 Å². The lowest BCUT2D eigenvalue weighted by Crippen LogP contribution is -2.59. The molecule has 0 aliphatic carbocycles. The van der Waals surface area contributed by atoms with E-state index in [0.717, 1.165) is 24.3 Å². The Kier molecular flexibility index (Phi) is 4.09. The predicted molar refractivity (Wildman–Crippen MR) is 88.5 cm³/mol. The quantitative estimate of drug-likeness (QED) is 0.652. The fraction of sp³-hybridized carbons (Fsp3) is 0.562. The number of fused-ring (bicyclic) bond motifs is 1. The Morgan fingerprint density at radius 3 is 2.90 bits per heavy atom. The van der Waals surface area contributed by atoms with Gasteiger partial charge in [-0.25, -0.2) is 0 Å². The Bertz CT molecular complexity index is 545. The fourth-order valence-corrected chi connectivity index (χ4v) is 3.83. The Morgan fingerprint density at radius 2 is 2.14 bits per heavy atom. The second kappa shape index (κ2) is 5.85. The van der Waals surface area contributed by atoms with Crippen molar-refractivity contribution in [1.82, 2.24) is 4.90 Å². The van der Waals surface area contributed by atoms with Gasteiger partial charge in [0.2, 0.25) is 0 Å². The standard InChI is InChI=1S/C16H23ClN4/c1-11-9-20-7-3-2-4-13(20)10-21(11)15-6-5-12(17)8-14(15)16(18)19/h5-6,8,11,13H,2-4,7,9-10H2,1H3,(H3,18,19). The van der Waals surface area contributed by atoms with E-state index in [9.17, 15) is 0 Å². The van der Waals surface area contributed by atoms with Gasteiger partial charge in [0.05, 0.1) is 0 Å². The van der Waals surface area contributed by atoms with Crippen LogP contribution in [0.25, 0.3) is 0 Å². The summed E-state index contributed by atoms with van der Waals surface area (Å²) in [5.41, 5.74) is 7.55. The summed E-state index contributed by atoms with van der Waals surface area (Å²) in [7, 11) is 0. The molecule has 2 unspecified atom stereocenters. The van der Waals surface area contributed by atoms with Crippen LogP contribution >= 0.6 is 11.6 Å². The molecule has 0 spiro atoms. The molecule has 2 saturated heterocycles. The van der Waals surface area contributed by atoms with Gasteiger partial charge in [0.1, 0.15) is 5.84 Å². The van der Waals surface area contributed by atoms with Crippen molar-refractivity contribution >= 4 is 23.1 Å². The molecule has 114 valence electrons. The number of hydrogen-bond acceptors (Lipinski definition) is 3. The van der Waals surface area contributed by atoms with E-state index in [1.165, 1.54) is 25.8 Å².